The van der Waals surface area contributed by atoms with E-state index in [2.05, 4.69) is 31.2 Å². The van der Waals surface area contributed by atoms with E-state index in [-0.39, 0.29) is 24.4 Å². The number of halogens is 2. The van der Waals surface area contributed by atoms with Gasteiger partial charge < -0.3 is 10.2 Å². The molecule has 1 aliphatic heterocycles. The van der Waals surface area contributed by atoms with Gasteiger partial charge in [-0.25, -0.2) is 9.78 Å². The number of carboxylic acid groups (broad SMARTS) is 1. The quantitative estimate of drug-likeness (QED) is 0.446. The highest BCUT2D eigenvalue weighted by molar-refractivity contribution is 9.10. The van der Waals surface area contributed by atoms with E-state index in [0.29, 0.717) is 4.47 Å². The van der Waals surface area contributed by atoms with Crippen molar-refractivity contribution in [2.75, 3.05) is 6.61 Å². The fraction of sp³-hybridized carbons (Fsp3) is 0.533. The number of nitrogens with one attached hydrogen (secondary N) is 1. The maximum absolute atomic E-state index is 14.5. The fourth-order valence-corrected chi connectivity index (χ4v) is 5.79. The van der Waals surface area contributed by atoms with Crippen LogP contribution in [-0.4, -0.2) is 52.8 Å². The number of hydrogen-bond donors (Lipinski definition) is 5. The molecule has 0 aliphatic carbocycles. The smallest absolute Gasteiger partial charge is 0.410 e. The third-order valence-corrected chi connectivity index (χ3v) is 8.27. The standard InChI is InChI=1S/C15H21BrFN3O5S/c1-14(2)12(19-13(22)23)20-15(3,10(4-5-21)26(14,24)25)9-6-8(16)7-18-11(9)17/h6-7,10,21,24-25H,4-5H2,1-3H3,(H,19,20)(H,22,23)/t10?,15-/m1/s1. The number of carbonyl (C=O) groups is 1. The summed E-state index contributed by atoms with van der Waals surface area (Å²) in [5, 5.41) is 19.6. The third kappa shape index (κ3) is 3.33. The molecule has 11 heteroatoms. The molecule has 146 valence electrons. The number of hydrogen-bond acceptors (Lipinski definition) is 6. The molecular weight excluding hydrogens is 433 g/mol. The highest BCUT2D eigenvalue weighted by Gasteiger charge is 2.57. The first-order valence-electron chi connectivity index (χ1n) is 7.67. The van der Waals surface area contributed by atoms with E-state index in [9.17, 15) is 23.4 Å². The minimum atomic E-state index is -3.57. The van der Waals surface area contributed by atoms with Gasteiger partial charge >= 0.3 is 6.09 Å². The number of amidine groups is 1. The van der Waals surface area contributed by atoms with Gasteiger partial charge in [-0.05, 0) is 49.2 Å². The predicted molar refractivity (Wildman–Crippen MR) is 100 cm³/mol. The summed E-state index contributed by atoms with van der Waals surface area (Å²) in [6.07, 6.45) is -0.255. The number of amides is 1. The zero-order chi connectivity index (χ0) is 19.9. The van der Waals surface area contributed by atoms with Crippen molar-refractivity contribution in [2.45, 2.75) is 42.7 Å². The molecule has 0 aromatic carbocycles. The molecule has 0 bridgehead atoms. The van der Waals surface area contributed by atoms with Gasteiger partial charge in [0.1, 0.15) is 16.1 Å². The lowest BCUT2D eigenvalue weighted by Crippen LogP contribution is -2.59. The molecule has 2 atom stereocenters. The lowest BCUT2D eigenvalue weighted by Gasteiger charge is -2.59. The van der Waals surface area contributed by atoms with E-state index in [1.807, 2.05) is 0 Å². The Kier molecular flexibility index (Phi) is 5.70. The molecule has 0 saturated heterocycles. The topological polar surface area (TPSA) is 135 Å². The highest BCUT2D eigenvalue weighted by atomic mass is 79.9. The number of aliphatic imine (C=N–C) groups is 1. The largest absolute Gasteiger partial charge is 0.465 e. The van der Waals surface area contributed by atoms with Gasteiger partial charge in [-0.3, -0.25) is 19.4 Å². The molecule has 2 heterocycles. The number of rotatable bonds is 3. The number of pyridine rings is 1. The molecule has 0 radical (unpaired) electrons. The molecule has 1 aromatic heterocycles. The normalized spacial score (nSPS) is 28.2. The summed E-state index contributed by atoms with van der Waals surface area (Å²) in [6, 6.07) is 1.41. The van der Waals surface area contributed by atoms with Crippen LogP contribution in [0.15, 0.2) is 21.7 Å². The Bertz CT molecular complexity index is 761. The summed E-state index contributed by atoms with van der Waals surface area (Å²) in [7, 11) is -3.57. The van der Waals surface area contributed by atoms with Crippen LogP contribution in [0.4, 0.5) is 9.18 Å². The highest BCUT2D eigenvalue weighted by Crippen LogP contribution is 2.65. The van der Waals surface area contributed by atoms with Gasteiger partial charge in [-0.15, -0.1) is 0 Å². The Hall–Kier alpha value is -1.27. The summed E-state index contributed by atoms with van der Waals surface area (Å²) in [5.74, 6) is -1.06. The zero-order valence-electron chi connectivity index (χ0n) is 14.4. The second-order valence-corrected chi connectivity index (χ2v) is 10.3. The first-order valence-corrected chi connectivity index (χ1v) is 10.1. The van der Waals surface area contributed by atoms with E-state index in [4.69, 9.17) is 5.11 Å². The molecule has 0 spiro atoms. The Morgan fingerprint density at radius 3 is 2.58 bits per heavy atom. The molecule has 1 unspecified atom stereocenters. The number of nitrogens with zero attached hydrogens (tertiary/aromatic N) is 2. The SMILES string of the molecule is CC1(C)C(NC(=O)O)=N[C@](C)(c2cc(Br)cnc2F)C(CCO)S1(O)O. The van der Waals surface area contributed by atoms with Crippen molar-refractivity contribution in [1.29, 1.82) is 0 Å². The average molecular weight is 454 g/mol. The molecule has 26 heavy (non-hydrogen) atoms. The molecular formula is C15H21BrFN3O5S. The Labute approximate surface area is 160 Å². The van der Waals surface area contributed by atoms with Crippen LogP contribution >= 0.6 is 26.5 Å². The maximum atomic E-state index is 14.5. The number of aromatic nitrogens is 1. The van der Waals surface area contributed by atoms with Crippen molar-refractivity contribution in [1.82, 2.24) is 10.3 Å². The van der Waals surface area contributed by atoms with Crippen LogP contribution in [0, 0.1) is 5.95 Å². The Balaban J connectivity index is 2.81. The second kappa shape index (κ2) is 7.04. The second-order valence-electron chi connectivity index (χ2n) is 6.63. The third-order valence-electron chi connectivity index (χ3n) is 4.66. The van der Waals surface area contributed by atoms with Gasteiger partial charge in [0, 0.05) is 22.8 Å². The van der Waals surface area contributed by atoms with Gasteiger partial charge in [0.05, 0.1) is 5.25 Å². The molecule has 5 N–H and O–H groups in total. The molecule has 8 nitrogen and oxygen atoms in total. The van der Waals surface area contributed by atoms with Crippen LogP contribution in [0.2, 0.25) is 0 Å². The molecule has 2 rings (SSSR count). The van der Waals surface area contributed by atoms with Crippen molar-refractivity contribution >= 4 is 38.4 Å². The van der Waals surface area contributed by atoms with Gasteiger partial charge in [-0.2, -0.15) is 15.0 Å². The van der Waals surface area contributed by atoms with Crippen LogP contribution in [0.25, 0.3) is 0 Å². The van der Waals surface area contributed by atoms with Crippen molar-refractivity contribution in [2.24, 2.45) is 4.99 Å². The molecule has 0 fully saturated rings. The number of aliphatic hydroxyl groups is 1. The van der Waals surface area contributed by atoms with Crippen LogP contribution in [0.3, 0.4) is 0 Å². The van der Waals surface area contributed by atoms with Gasteiger partial charge in [0.15, 0.2) is 0 Å². The van der Waals surface area contributed by atoms with E-state index in [0.717, 1.165) is 0 Å². The first-order chi connectivity index (χ1) is 11.9. The molecule has 1 amide bonds. The lowest BCUT2D eigenvalue weighted by molar-refractivity contribution is 0.199. The van der Waals surface area contributed by atoms with Crippen LogP contribution < -0.4 is 5.32 Å². The Morgan fingerprint density at radius 2 is 2.04 bits per heavy atom. The minimum Gasteiger partial charge on any atom is -0.465 e. The van der Waals surface area contributed by atoms with Gasteiger partial charge in [0.2, 0.25) is 5.95 Å². The van der Waals surface area contributed by atoms with Crippen LogP contribution in [-0.2, 0) is 5.54 Å². The van der Waals surface area contributed by atoms with E-state index in [1.165, 1.54) is 33.0 Å². The molecule has 1 aliphatic rings. The van der Waals surface area contributed by atoms with E-state index >= 15 is 0 Å². The summed E-state index contributed by atoms with van der Waals surface area (Å²) in [5.41, 5.74) is -1.60. The monoisotopic (exact) mass is 453 g/mol. The van der Waals surface area contributed by atoms with Crippen LogP contribution in [0.1, 0.15) is 32.8 Å². The van der Waals surface area contributed by atoms with E-state index < -0.39 is 38.2 Å². The lowest BCUT2D eigenvalue weighted by atomic mass is 9.87. The predicted octanol–water partition coefficient (Wildman–Crippen LogP) is 3.16. The fourth-order valence-electron chi connectivity index (χ4n) is 3.11. The van der Waals surface area contributed by atoms with Gasteiger partial charge in [0.25, 0.3) is 0 Å². The zero-order valence-corrected chi connectivity index (χ0v) is 16.8. The number of aliphatic hydroxyl groups excluding tert-OH is 1. The summed E-state index contributed by atoms with van der Waals surface area (Å²) >= 11 is 3.20. The summed E-state index contributed by atoms with van der Waals surface area (Å²) in [6.45, 7) is 3.96. The molecule has 1 aromatic rings. The van der Waals surface area contributed by atoms with Crippen molar-refractivity contribution in [3.63, 3.8) is 0 Å². The van der Waals surface area contributed by atoms with Crippen molar-refractivity contribution < 1.29 is 28.5 Å². The van der Waals surface area contributed by atoms with Gasteiger partial charge in [-0.1, -0.05) is 0 Å². The minimum absolute atomic E-state index is 0.0366. The van der Waals surface area contributed by atoms with E-state index in [1.54, 1.807) is 0 Å². The first kappa shape index (κ1) is 21.0. The Morgan fingerprint density at radius 1 is 1.42 bits per heavy atom. The van der Waals surface area contributed by atoms with Crippen molar-refractivity contribution in [3.05, 3.63) is 28.2 Å². The summed E-state index contributed by atoms with van der Waals surface area (Å²) in [4.78, 5) is 19.2. The van der Waals surface area contributed by atoms with Crippen LogP contribution in [0.5, 0.6) is 0 Å². The average Bonchev–Trinajstić information content (AvgIpc) is 2.52. The molecule has 0 saturated carbocycles. The summed E-state index contributed by atoms with van der Waals surface area (Å²) < 4.78 is 35.5. The maximum Gasteiger partial charge on any atom is 0.410 e. The van der Waals surface area contributed by atoms with Crippen molar-refractivity contribution in [3.8, 4) is 0 Å².